The minimum absolute atomic E-state index is 0.0401. The van der Waals surface area contributed by atoms with Crippen molar-refractivity contribution in [3.05, 3.63) is 65.6 Å². The maximum absolute atomic E-state index is 13.9. The van der Waals surface area contributed by atoms with Crippen LogP contribution in [0.3, 0.4) is 0 Å². The molecular formula is C45H52N6O7. The molecule has 13 heteroatoms. The number of likely N-dealkylation sites (tertiary alicyclic amines) is 2. The number of aromatic nitrogens is 2. The fourth-order valence-electron chi connectivity index (χ4n) is 9.53. The number of carbonyl (C=O) groups excluding carboxylic acids is 3. The number of ether oxygens (including phenoxy) is 4. The summed E-state index contributed by atoms with van der Waals surface area (Å²) in [6, 6.07) is 14.2. The summed E-state index contributed by atoms with van der Waals surface area (Å²) in [5.74, 6) is 1.87. The minimum Gasteiger partial charge on any atom is -0.488 e. The van der Waals surface area contributed by atoms with Crippen molar-refractivity contribution in [1.29, 1.82) is 0 Å². The van der Waals surface area contributed by atoms with Gasteiger partial charge in [0.1, 0.15) is 29.8 Å². The SMILES string of the molecule is COC[C@H]1C[C@@H](c2ncc(-c3ccc4c(c3)COc3cc5c6c(ccc5cc3-4)N=C([C@@H]3C[C@H]4C[C@H]4N3C(=O)OC(C)(C)C)C6)[nH]2)N(C(=O)[C@@H](NC(=O)OC)C(C)C)C1. The van der Waals surface area contributed by atoms with Crippen molar-refractivity contribution in [3.63, 3.8) is 0 Å². The molecule has 13 nitrogen and oxygen atoms in total. The molecule has 3 fully saturated rings. The number of aliphatic imine (C=N–C) groups is 1. The fraction of sp³-hybridized carbons (Fsp3) is 0.489. The predicted octanol–water partition coefficient (Wildman–Crippen LogP) is 7.73. The molecule has 58 heavy (non-hydrogen) atoms. The zero-order chi connectivity index (χ0) is 40.6. The van der Waals surface area contributed by atoms with Crippen LogP contribution in [-0.4, -0.2) is 94.7 Å². The van der Waals surface area contributed by atoms with Crippen LogP contribution in [0.25, 0.3) is 33.2 Å². The topological polar surface area (TPSA) is 148 Å². The third kappa shape index (κ3) is 6.86. The van der Waals surface area contributed by atoms with E-state index in [9.17, 15) is 14.4 Å². The molecule has 5 aliphatic rings. The van der Waals surface area contributed by atoms with Gasteiger partial charge in [-0.1, -0.05) is 32.0 Å². The van der Waals surface area contributed by atoms with Crippen molar-refractivity contribution in [1.82, 2.24) is 25.1 Å². The molecular weight excluding hydrogens is 737 g/mol. The summed E-state index contributed by atoms with van der Waals surface area (Å²) in [7, 11) is 2.96. The molecule has 3 aromatic carbocycles. The summed E-state index contributed by atoms with van der Waals surface area (Å²) >= 11 is 0. The van der Waals surface area contributed by atoms with Crippen LogP contribution in [0.5, 0.6) is 5.75 Å². The summed E-state index contributed by atoms with van der Waals surface area (Å²) in [6.45, 7) is 11.0. The number of imidazole rings is 1. The average molecular weight is 789 g/mol. The van der Waals surface area contributed by atoms with Gasteiger partial charge in [0, 0.05) is 43.3 Å². The largest absolute Gasteiger partial charge is 0.488 e. The number of aromatic amines is 1. The second-order valence-corrected chi connectivity index (χ2v) is 17.9. The Kier molecular flexibility index (Phi) is 9.49. The van der Waals surface area contributed by atoms with Crippen LogP contribution in [0.1, 0.15) is 76.9 Å². The van der Waals surface area contributed by atoms with E-state index in [1.165, 1.54) is 12.7 Å². The van der Waals surface area contributed by atoms with Gasteiger partial charge in [0.2, 0.25) is 5.91 Å². The Morgan fingerprint density at radius 1 is 1.02 bits per heavy atom. The summed E-state index contributed by atoms with van der Waals surface area (Å²) in [5.41, 5.74) is 7.67. The molecule has 5 heterocycles. The summed E-state index contributed by atoms with van der Waals surface area (Å²) < 4.78 is 22.6. The maximum Gasteiger partial charge on any atom is 0.411 e. The normalized spacial score (nSPS) is 23.4. The van der Waals surface area contributed by atoms with E-state index in [1.807, 2.05) is 50.6 Å². The molecule has 9 rings (SSSR count). The number of benzene rings is 3. The zero-order valence-electron chi connectivity index (χ0n) is 34.3. The second-order valence-electron chi connectivity index (χ2n) is 17.9. The number of piperidine rings is 1. The van der Waals surface area contributed by atoms with Crippen LogP contribution in [0, 0.1) is 17.8 Å². The highest BCUT2D eigenvalue weighted by atomic mass is 16.6. The first-order valence-electron chi connectivity index (χ1n) is 20.4. The Balaban J connectivity index is 0.947. The van der Waals surface area contributed by atoms with E-state index in [1.54, 1.807) is 7.11 Å². The molecule has 0 spiro atoms. The number of methoxy groups -OCH3 is 2. The average Bonchev–Trinajstić information content (AvgIpc) is 3.66. The van der Waals surface area contributed by atoms with E-state index in [2.05, 4.69) is 52.8 Å². The zero-order valence-corrected chi connectivity index (χ0v) is 34.3. The monoisotopic (exact) mass is 788 g/mol. The van der Waals surface area contributed by atoms with Gasteiger partial charge in [-0.15, -0.1) is 0 Å². The molecule has 4 aliphatic heterocycles. The number of nitrogens with zero attached hydrogens (tertiary/aromatic N) is 4. The van der Waals surface area contributed by atoms with Crippen molar-refractivity contribution >= 4 is 40.3 Å². The highest BCUT2D eigenvalue weighted by molar-refractivity contribution is 6.06. The van der Waals surface area contributed by atoms with E-state index in [0.717, 1.165) is 68.7 Å². The summed E-state index contributed by atoms with van der Waals surface area (Å²) in [5, 5.41) is 4.97. The van der Waals surface area contributed by atoms with E-state index >= 15 is 0 Å². The van der Waals surface area contributed by atoms with Crippen molar-refractivity contribution in [2.45, 2.75) is 96.7 Å². The number of rotatable bonds is 8. The molecule has 0 radical (unpaired) electrons. The van der Waals surface area contributed by atoms with E-state index in [-0.39, 0.29) is 42.0 Å². The van der Waals surface area contributed by atoms with Crippen molar-refractivity contribution in [2.75, 3.05) is 27.4 Å². The van der Waals surface area contributed by atoms with Crippen LogP contribution in [0.2, 0.25) is 0 Å². The van der Waals surface area contributed by atoms with Crippen LogP contribution in [0.15, 0.2) is 53.7 Å². The van der Waals surface area contributed by atoms with Crippen LogP contribution < -0.4 is 10.1 Å². The Hall–Kier alpha value is -5.43. The molecule has 1 aliphatic carbocycles. The quantitative estimate of drug-likeness (QED) is 0.184. The standard InChI is InChI=1S/C45H52N6O7/c1-23(2)40(49-43(53)56-7)42(52)50-20-24(21-55-6)12-38(50)41-46-19-35(48-41)26-8-10-29-28(13-26)22-57-39-18-30-25(14-32(29)39)9-11-33-31(30)17-34(47-33)37-16-27-15-36(27)51(37)44(54)58-45(3,4)5/h8-11,13-14,18-19,23-24,27,36-38,40H,12,15-17,20-22H2,1-7H3,(H,46,48)(H,49,53)/t24-,27+,36+,37-,38-,40-/m0/s1. The highest BCUT2D eigenvalue weighted by Gasteiger charge is 2.56. The van der Waals surface area contributed by atoms with Crippen molar-refractivity contribution < 1.29 is 33.3 Å². The number of fused-ring (bicyclic) bond motifs is 7. The van der Waals surface area contributed by atoms with Gasteiger partial charge in [0.25, 0.3) is 0 Å². The lowest BCUT2D eigenvalue weighted by atomic mass is 9.90. The number of amides is 3. The first kappa shape index (κ1) is 38.1. The van der Waals surface area contributed by atoms with Gasteiger partial charge in [0.05, 0.1) is 43.4 Å². The number of hydrogen-bond donors (Lipinski definition) is 2. The third-order valence-corrected chi connectivity index (χ3v) is 12.4. The van der Waals surface area contributed by atoms with Crippen LogP contribution in [0.4, 0.5) is 15.3 Å². The molecule has 2 saturated heterocycles. The molecule has 2 N–H and O–H groups in total. The Labute approximate surface area is 338 Å². The maximum atomic E-state index is 13.9. The predicted molar refractivity (Wildman–Crippen MR) is 219 cm³/mol. The molecule has 1 aromatic heterocycles. The lowest BCUT2D eigenvalue weighted by Crippen LogP contribution is -2.51. The van der Waals surface area contributed by atoms with Gasteiger partial charge < -0.3 is 34.1 Å². The third-order valence-electron chi connectivity index (χ3n) is 12.4. The van der Waals surface area contributed by atoms with Gasteiger partial charge >= 0.3 is 12.2 Å². The fourth-order valence-corrected chi connectivity index (χ4v) is 9.53. The lowest BCUT2D eigenvalue weighted by molar-refractivity contribution is -0.135. The molecule has 0 unspecified atom stereocenters. The minimum atomic E-state index is -0.739. The van der Waals surface area contributed by atoms with Crippen molar-refractivity contribution in [3.8, 4) is 28.1 Å². The van der Waals surface area contributed by atoms with Gasteiger partial charge in [-0.05, 0) is 109 Å². The summed E-state index contributed by atoms with van der Waals surface area (Å²) in [6.07, 6.45) is 4.31. The molecule has 4 aromatic rings. The van der Waals surface area contributed by atoms with Crippen LogP contribution >= 0.6 is 0 Å². The highest BCUT2D eigenvalue weighted by Crippen LogP contribution is 2.51. The first-order chi connectivity index (χ1) is 27.8. The Morgan fingerprint density at radius 2 is 1.84 bits per heavy atom. The van der Waals surface area contributed by atoms with Gasteiger partial charge in [-0.3, -0.25) is 14.7 Å². The molecule has 6 atom stereocenters. The first-order valence-corrected chi connectivity index (χ1v) is 20.4. The van der Waals surface area contributed by atoms with Crippen LogP contribution in [-0.2, 0) is 32.0 Å². The lowest BCUT2D eigenvalue weighted by Gasteiger charge is -2.30. The number of alkyl carbamates (subject to hydrolysis) is 1. The number of hydrogen-bond acceptors (Lipinski definition) is 9. The van der Waals surface area contributed by atoms with Gasteiger partial charge in [-0.25, -0.2) is 14.6 Å². The number of nitrogens with one attached hydrogen (secondary N) is 2. The Morgan fingerprint density at radius 3 is 2.60 bits per heavy atom. The van der Waals surface area contributed by atoms with E-state index in [4.69, 9.17) is 28.9 Å². The van der Waals surface area contributed by atoms with Crippen molar-refractivity contribution in [2.24, 2.45) is 22.7 Å². The van der Waals surface area contributed by atoms with E-state index in [0.29, 0.717) is 44.3 Å². The number of carbonyl (C=O) groups is 3. The number of H-pyrrole nitrogens is 1. The Bertz CT molecular complexity index is 2340. The van der Waals surface area contributed by atoms with Gasteiger partial charge in [-0.2, -0.15) is 0 Å². The second kappa shape index (κ2) is 14.4. The summed E-state index contributed by atoms with van der Waals surface area (Å²) in [4.78, 5) is 56.6. The van der Waals surface area contributed by atoms with E-state index < -0.39 is 17.7 Å². The molecule has 3 amide bonds. The van der Waals surface area contributed by atoms with Gasteiger partial charge in [0.15, 0.2) is 0 Å². The molecule has 304 valence electrons. The molecule has 1 saturated carbocycles. The smallest absolute Gasteiger partial charge is 0.411 e. The molecule has 0 bridgehead atoms.